The van der Waals surface area contributed by atoms with Gasteiger partial charge in [-0.25, -0.2) is 9.97 Å². The van der Waals surface area contributed by atoms with Crippen LogP contribution in [0.25, 0.3) is 11.0 Å². The highest BCUT2D eigenvalue weighted by molar-refractivity contribution is 5.87. The maximum atomic E-state index is 12.6. The number of nitrogens with zero attached hydrogens (tertiary/aromatic N) is 3. The van der Waals surface area contributed by atoms with Crippen molar-refractivity contribution in [2.75, 3.05) is 5.32 Å². The number of hydrogen-bond acceptors (Lipinski definition) is 4. The molecule has 2 aromatic heterocycles. The van der Waals surface area contributed by atoms with Crippen LogP contribution in [0, 0.1) is 0 Å². The Kier molecular flexibility index (Phi) is 2.78. The van der Waals surface area contributed by atoms with E-state index in [1.165, 1.54) is 24.7 Å². The monoisotopic (exact) mass is 279 g/mol. The molecular weight excluding hydrogens is 271 g/mol. The summed E-state index contributed by atoms with van der Waals surface area (Å²) in [5, 5.41) is 9.91. The van der Waals surface area contributed by atoms with Crippen LogP contribution < -0.4 is 5.32 Å². The lowest BCUT2D eigenvalue weighted by atomic mass is 10.2. The van der Waals surface area contributed by atoms with E-state index in [2.05, 4.69) is 25.5 Å². The molecule has 0 radical (unpaired) electrons. The summed E-state index contributed by atoms with van der Waals surface area (Å²) in [7, 11) is 0. The van der Waals surface area contributed by atoms with E-state index in [1.807, 2.05) is 0 Å². The van der Waals surface area contributed by atoms with Crippen molar-refractivity contribution in [2.24, 2.45) is 0 Å². The molecule has 0 unspecified atom stereocenters. The minimum Gasteiger partial charge on any atom is -0.340 e. The molecule has 0 aliphatic carbocycles. The van der Waals surface area contributed by atoms with E-state index in [1.54, 1.807) is 0 Å². The maximum absolute atomic E-state index is 12.6. The van der Waals surface area contributed by atoms with Crippen molar-refractivity contribution in [3.63, 3.8) is 0 Å². The third-order valence-corrected chi connectivity index (χ3v) is 2.70. The Morgan fingerprint density at radius 3 is 2.80 bits per heavy atom. The van der Waals surface area contributed by atoms with E-state index in [0.29, 0.717) is 22.5 Å². The molecule has 5 nitrogen and oxygen atoms in total. The van der Waals surface area contributed by atoms with Crippen LogP contribution in [0.5, 0.6) is 0 Å². The molecule has 102 valence electrons. The molecular formula is C12H8F3N5. The molecule has 0 amide bonds. The van der Waals surface area contributed by atoms with E-state index < -0.39 is 11.7 Å². The SMILES string of the molecule is FC(F)(F)c1cccc(Nc2ncnc3[nH]ncc23)c1. The van der Waals surface area contributed by atoms with E-state index in [0.717, 1.165) is 12.1 Å². The third kappa shape index (κ3) is 2.27. The summed E-state index contributed by atoms with van der Waals surface area (Å²) in [6.07, 6.45) is -1.57. The summed E-state index contributed by atoms with van der Waals surface area (Å²) < 4.78 is 37.9. The van der Waals surface area contributed by atoms with E-state index in [4.69, 9.17) is 0 Å². The van der Waals surface area contributed by atoms with Gasteiger partial charge in [-0.05, 0) is 18.2 Å². The minimum atomic E-state index is -4.38. The molecule has 0 fully saturated rings. The van der Waals surface area contributed by atoms with Gasteiger partial charge in [0, 0.05) is 5.69 Å². The average Bonchev–Trinajstić information content (AvgIpc) is 2.87. The van der Waals surface area contributed by atoms with Gasteiger partial charge in [0.15, 0.2) is 5.65 Å². The zero-order chi connectivity index (χ0) is 14.2. The van der Waals surface area contributed by atoms with Crippen molar-refractivity contribution >= 4 is 22.5 Å². The fourth-order valence-corrected chi connectivity index (χ4v) is 1.77. The Morgan fingerprint density at radius 1 is 1.15 bits per heavy atom. The maximum Gasteiger partial charge on any atom is 0.416 e. The lowest BCUT2D eigenvalue weighted by Gasteiger charge is -2.10. The Hall–Kier alpha value is -2.64. The van der Waals surface area contributed by atoms with Crippen LogP contribution in [-0.4, -0.2) is 20.2 Å². The van der Waals surface area contributed by atoms with E-state index in [9.17, 15) is 13.2 Å². The molecule has 2 N–H and O–H groups in total. The van der Waals surface area contributed by atoms with Crippen LogP contribution in [0.4, 0.5) is 24.7 Å². The fraction of sp³-hybridized carbons (Fsp3) is 0.0833. The van der Waals surface area contributed by atoms with Crippen LogP contribution in [0.1, 0.15) is 5.56 Å². The average molecular weight is 279 g/mol. The second kappa shape index (κ2) is 4.48. The summed E-state index contributed by atoms with van der Waals surface area (Å²) >= 11 is 0. The van der Waals surface area contributed by atoms with Gasteiger partial charge in [0.2, 0.25) is 0 Å². The molecule has 2 heterocycles. The number of aromatic amines is 1. The minimum absolute atomic E-state index is 0.293. The summed E-state index contributed by atoms with van der Waals surface area (Å²) in [6.45, 7) is 0. The number of benzene rings is 1. The zero-order valence-electron chi connectivity index (χ0n) is 9.94. The first-order valence-electron chi connectivity index (χ1n) is 5.62. The number of rotatable bonds is 2. The number of hydrogen-bond donors (Lipinski definition) is 2. The summed E-state index contributed by atoms with van der Waals surface area (Å²) in [4.78, 5) is 7.95. The van der Waals surface area contributed by atoms with Gasteiger partial charge in [0.25, 0.3) is 0 Å². The molecule has 0 bridgehead atoms. The fourth-order valence-electron chi connectivity index (χ4n) is 1.77. The molecule has 20 heavy (non-hydrogen) atoms. The smallest absolute Gasteiger partial charge is 0.340 e. The summed E-state index contributed by atoms with van der Waals surface area (Å²) in [5.74, 6) is 0.392. The largest absolute Gasteiger partial charge is 0.416 e. The first kappa shape index (κ1) is 12.4. The van der Waals surface area contributed by atoms with Gasteiger partial charge < -0.3 is 5.32 Å². The molecule has 0 spiro atoms. The lowest BCUT2D eigenvalue weighted by molar-refractivity contribution is -0.137. The van der Waals surface area contributed by atoms with Crippen LogP contribution in [0.2, 0.25) is 0 Å². The number of H-pyrrole nitrogens is 1. The van der Waals surface area contributed by atoms with Gasteiger partial charge in [0.05, 0.1) is 17.1 Å². The molecule has 0 saturated carbocycles. The molecule has 8 heteroatoms. The van der Waals surface area contributed by atoms with Crippen molar-refractivity contribution in [3.8, 4) is 0 Å². The van der Waals surface area contributed by atoms with Crippen molar-refractivity contribution in [3.05, 3.63) is 42.4 Å². The first-order valence-corrected chi connectivity index (χ1v) is 5.62. The van der Waals surface area contributed by atoms with Gasteiger partial charge in [-0.3, -0.25) is 5.10 Å². The van der Waals surface area contributed by atoms with Gasteiger partial charge >= 0.3 is 6.18 Å². The Labute approximate surface area is 110 Å². The Balaban J connectivity index is 1.97. The normalized spacial score (nSPS) is 11.8. The van der Waals surface area contributed by atoms with Crippen molar-refractivity contribution in [1.29, 1.82) is 0 Å². The first-order chi connectivity index (χ1) is 9.54. The lowest BCUT2D eigenvalue weighted by Crippen LogP contribution is -2.05. The van der Waals surface area contributed by atoms with Crippen LogP contribution in [0.3, 0.4) is 0 Å². The number of halogens is 3. The number of fused-ring (bicyclic) bond motifs is 1. The Bertz CT molecular complexity index is 750. The quantitative estimate of drug-likeness (QED) is 0.756. The van der Waals surface area contributed by atoms with Gasteiger partial charge in [-0.1, -0.05) is 6.07 Å². The van der Waals surface area contributed by atoms with Gasteiger partial charge in [-0.2, -0.15) is 18.3 Å². The van der Waals surface area contributed by atoms with E-state index in [-0.39, 0.29) is 0 Å². The van der Waals surface area contributed by atoms with Crippen LogP contribution >= 0.6 is 0 Å². The zero-order valence-corrected chi connectivity index (χ0v) is 9.94. The second-order valence-corrected chi connectivity index (χ2v) is 4.06. The van der Waals surface area contributed by atoms with Crippen molar-refractivity contribution in [2.45, 2.75) is 6.18 Å². The van der Waals surface area contributed by atoms with Crippen molar-refractivity contribution < 1.29 is 13.2 Å². The highest BCUT2D eigenvalue weighted by atomic mass is 19.4. The predicted molar refractivity (Wildman–Crippen MR) is 66.4 cm³/mol. The Morgan fingerprint density at radius 2 is 2.00 bits per heavy atom. The van der Waals surface area contributed by atoms with E-state index >= 15 is 0 Å². The summed E-state index contributed by atoms with van der Waals surface area (Å²) in [5.41, 5.74) is 0.0792. The highest BCUT2D eigenvalue weighted by Crippen LogP contribution is 2.31. The molecule has 0 aliphatic heterocycles. The summed E-state index contributed by atoms with van der Waals surface area (Å²) in [6, 6.07) is 4.90. The number of anilines is 2. The van der Waals surface area contributed by atoms with Crippen LogP contribution in [0.15, 0.2) is 36.8 Å². The molecule has 0 atom stereocenters. The molecule has 3 rings (SSSR count). The van der Waals surface area contributed by atoms with Crippen LogP contribution in [-0.2, 0) is 6.18 Å². The van der Waals surface area contributed by atoms with Gasteiger partial charge in [-0.15, -0.1) is 0 Å². The second-order valence-electron chi connectivity index (χ2n) is 4.06. The molecule has 1 aromatic carbocycles. The molecule has 0 saturated heterocycles. The third-order valence-electron chi connectivity index (χ3n) is 2.70. The number of alkyl halides is 3. The predicted octanol–water partition coefficient (Wildman–Crippen LogP) is 3.12. The highest BCUT2D eigenvalue weighted by Gasteiger charge is 2.30. The molecule has 0 aliphatic rings. The molecule has 3 aromatic rings. The standard InChI is InChI=1S/C12H8F3N5/c13-12(14,15)7-2-1-3-8(4-7)19-10-9-5-18-20-11(9)17-6-16-10/h1-6H,(H2,16,17,18,19,20). The number of aromatic nitrogens is 4. The van der Waals surface area contributed by atoms with Gasteiger partial charge in [0.1, 0.15) is 12.1 Å². The number of nitrogens with one attached hydrogen (secondary N) is 2. The van der Waals surface area contributed by atoms with Crippen molar-refractivity contribution in [1.82, 2.24) is 20.2 Å². The topological polar surface area (TPSA) is 66.5 Å².